The van der Waals surface area contributed by atoms with Crippen LogP contribution in [0.2, 0.25) is 0 Å². The largest absolute Gasteiger partial charge is 0.497 e. The number of carbonyl (C=O) groups is 1. The standard InChI is InChI=1S/C23H27N3O4/c1-3-30-23(27)18-7-10-21-20(15-18)24-22(17-5-8-19(28-2)9-6-17)26(21)13-12-25-11-4-14-29-16-25/h5-10,15H,3-4,11-14,16H2,1-2H3. The Bertz CT molecular complexity index is 1010. The molecule has 1 saturated heterocycles. The van der Waals surface area contributed by atoms with E-state index in [1.165, 1.54) is 0 Å². The molecule has 1 aromatic heterocycles. The first-order valence-corrected chi connectivity index (χ1v) is 10.3. The number of imidazole rings is 1. The molecule has 7 heteroatoms. The van der Waals surface area contributed by atoms with Crippen molar-refractivity contribution in [3.05, 3.63) is 48.0 Å². The number of nitrogens with zero attached hydrogens (tertiary/aromatic N) is 3. The van der Waals surface area contributed by atoms with Crippen LogP contribution in [0.4, 0.5) is 0 Å². The maximum absolute atomic E-state index is 12.2. The van der Waals surface area contributed by atoms with Gasteiger partial charge < -0.3 is 18.8 Å². The van der Waals surface area contributed by atoms with Crippen molar-refractivity contribution in [2.75, 3.05) is 40.1 Å². The number of methoxy groups -OCH3 is 1. The Morgan fingerprint density at radius 1 is 1.17 bits per heavy atom. The van der Waals surface area contributed by atoms with Gasteiger partial charge in [-0.05, 0) is 55.8 Å². The van der Waals surface area contributed by atoms with Crippen LogP contribution in [0.15, 0.2) is 42.5 Å². The van der Waals surface area contributed by atoms with Crippen molar-refractivity contribution in [3.63, 3.8) is 0 Å². The van der Waals surface area contributed by atoms with Gasteiger partial charge in [-0.1, -0.05) is 0 Å². The minimum absolute atomic E-state index is 0.328. The summed E-state index contributed by atoms with van der Waals surface area (Å²) in [5.41, 5.74) is 3.28. The SMILES string of the molecule is CCOC(=O)c1ccc2c(c1)nc(-c1ccc(OC)cc1)n2CCN1CCCOC1. The molecule has 3 aromatic rings. The topological polar surface area (TPSA) is 65.8 Å². The second-order valence-corrected chi connectivity index (χ2v) is 7.25. The van der Waals surface area contributed by atoms with Crippen LogP contribution in [-0.4, -0.2) is 60.6 Å². The van der Waals surface area contributed by atoms with E-state index in [2.05, 4.69) is 9.47 Å². The Balaban J connectivity index is 1.70. The van der Waals surface area contributed by atoms with E-state index in [0.717, 1.165) is 60.8 Å². The second-order valence-electron chi connectivity index (χ2n) is 7.25. The van der Waals surface area contributed by atoms with Crippen LogP contribution >= 0.6 is 0 Å². The van der Waals surface area contributed by atoms with Gasteiger partial charge in [-0.15, -0.1) is 0 Å². The highest BCUT2D eigenvalue weighted by Crippen LogP contribution is 2.27. The van der Waals surface area contributed by atoms with Crippen LogP contribution in [-0.2, 0) is 16.0 Å². The van der Waals surface area contributed by atoms with Crippen LogP contribution in [0, 0.1) is 0 Å². The molecule has 1 aliphatic rings. The molecular weight excluding hydrogens is 382 g/mol. The zero-order chi connectivity index (χ0) is 20.9. The highest BCUT2D eigenvalue weighted by atomic mass is 16.5. The number of ether oxygens (including phenoxy) is 3. The van der Waals surface area contributed by atoms with Crippen molar-refractivity contribution >= 4 is 17.0 Å². The molecule has 0 aliphatic carbocycles. The predicted molar refractivity (Wildman–Crippen MR) is 115 cm³/mol. The molecule has 7 nitrogen and oxygen atoms in total. The quantitative estimate of drug-likeness (QED) is 0.556. The third-order valence-corrected chi connectivity index (χ3v) is 5.28. The number of hydrogen-bond acceptors (Lipinski definition) is 6. The van der Waals surface area contributed by atoms with E-state index in [4.69, 9.17) is 19.2 Å². The highest BCUT2D eigenvalue weighted by molar-refractivity contribution is 5.94. The molecule has 0 unspecified atom stereocenters. The summed E-state index contributed by atoms with van der Waals surface area (Å²) in [5.74, 6) is 1.34. The van der Waals surface area contributed by atoms with Gasteiger partial charge in [0, 0.05) is 31.8 Å². The van der Waals surface area contributed by atoms with E-state index in [-0.39, 0.29) is 5.97 Å². The highest BCUT2D eigenvalue weighted by Gasteiger charge is 2.17. The smallest absolute Gasteiger partial charge is 0.338 e. The van der Waals surface area contributed by atoms with Crippen LogP contribution in [0.3, 0.4) is 0 Å². The number of aromatic nitrogens is 2. The zero-order valence-corrected chi connectivity index (χ0v) is 17.5. The van der Waals surface area contributed by atoms with Crippen molar-refractivity contribution < 1.29 is 19.0 Å². The fourth-order valence-corrected chi connectivity index (χ4v) is 3.72. The number of rotatable bonds is 7. The molecule has 0 bridgehead atoms. The summed E-state index contributed by atoms with van der Waals surface area (Å²) >= 11 is 0. The first-order chi connectivity index (χ1) is 14.7. The Hall–Kier alpha value is -2.90. The third kappa shape index (κ3) is 4.32. The van der Waals surface area contributed by atoms with Crippen LogP contribution in [0.1, 0.15) is 23.7 Å². The summed E-state index contributed by atoms with van der Waals surface area (Å²) in [6, 6.07) is 13.4. The zero-order valence-electron chi connectivity index (χ0n) is 17.5. The molecule has 0 radical (unpaired) electrons. The molecule has 4 rings (SSSR count). The van der Waals surface area contributed by atoms with Gasteiger partial charge in [-0.25, -0.2) is 9.78 Å². The van der Waals surface area contributed by atoms with E-state index >= 15 is 0 Å². The Labute approximate surface area is 176 Å². The first-order valence-electron chi connectivity index (χ1n) is 10.3. The van der Waals surface area contributed by atoms with Gasteiger partial charge in [0.15, 0.2) is 0 Å². The lowest BCUT2D eigenvalue weighted by Crippen LogP contribution is -2.35. The molecule has 2 heterocycles. The summed E-state index contributed by atoms with van der Waals surface area (Å²) in [4.78, 5) is 19.3. The minimum Gasteiger partial charge on any atom is -0.497 e. The summed E-state index contributed by atoms with van der Waals surface area (Å²) in [5, 5.41) is 0. The van der Waals surface area contributed by atoms with E-state index in [1.54, 1.807) is 26.2 Å². The maximum atomic E-state index is 12.2. The molecule has 158 valence electrons. The summed E-state index contributed by atoms with van der Waals surface area (Å²) in [6.45, 7) is 6.33. The normalized spacial score (nSPS) is 14.7. The van der Waals surface area contributed by atoms with Crippen LogP contribution in [0.25, 0.3) is 22.4 Å². The van der Waals surface area contributed by atoms with Gasteiger partial charge in [-0.2, -0.15) is 0 Å². The van der Waals surface area contributed by atoms with Crippen molar-refractivity contribution in [2.45, 2.75) is 19.9 Å². The molecule has 1 fully saturated rings. The molecule has 1 aliphatic heterocycles. The van der Waals surface area contributed by atoms with Crippen molar-refractivity contribution in [1.29, 1.82) is 0 Å². The molecule has 0 spiro atoms. The van der Waals surface area contributed by atoms with Gasteiger partial charge >= 0.3 is 5.97 Å². The fraction of sp³-hybridized carbons (Fsp3) is 0.391. The lowest BCUT2D eigenvalue weighted by atomic mass is 10.2. The van der Waals surface area contributed by atoms with Gasteiger partial charge in [0.25, 0.3) is 0 Å². The Morgan fingerprint density at radius 2 is 2.00 bits per heavy atom. The molecule has 0 saturated carbocycles. The lowest BCUT2D eigenvalue weighted by molar-refractivity contribution is -0.0144. The van der Waals surface area contributed by atoms with Gasteiger partial charge in [-0.3, -0.25) is 4.90 Å². The average molecular weight is 409 g/mol. The monoisotopic (exact) mass is 409 g/mol. The number of carbonyl (C=O) groups excluding carboxylic acids is 1. The Morgan fingerprint density at radius 3 is 2.70 bits per heavy atom. The number of fused-ring (bicyclic) bond motifs is 1. The molecular formula is C23H27N3O4. The lowest BCUT2D eigenvalue weighted by Gasteiger charge is -2.26. The minimum atomic E-state index is -0.328. The summed E-state index contributed by atoms with van der Waals surface area (Å²) in [6.07, 6.45) is 1.05. The van der Waals surface area contributed by atoms with Crippen molar-refractivity contribution in [3.8, 4) is 17.1 Å². The van der Waals surface area contributed by atoms with Gasteiger partial charge in [0.1, 0.15) is 11.6 Å². The Kier molecular flexibility index (Phi) is 6.30. The second kappa shape index (κ2) is 9.28. The van der Waals surface area contributed by atoms with E-state index in [1.807, 2.05) is 30.3 Å². The number of esters is 1. The van der Waals surface area contributed by atoms with Crippen molar-refractivity contribution in [2.24, 2.45) is 0 Å². The summed E-state index contributed by atoms with van der Waals surface area (Å²) < 4.78 is 18.2. The van der Waals surface area contributed by atoms with E-state index in [0.29, 0.717) is 18.9 Å². The third-order valence-electron chi connectivity index (χ3n) is 5.28. The van der Waals surface area contributed by atoms with Crippen LogP contribution in [0.5, 0.6) is 5.75 Å². The molecule has 2 aromatic carbocycles. The first kappa shape index (κ1) is 20.4. The maximum Gasteiger partial charge on any atom is 0.338 e. The molecule has 0 N–H and O–H groups in total. The average Bonchev–Trinajstić information content (AvgIpc) is 3.16. The number of benzene rings is 2. The molecule has 30 heavy (non-hydrogen) atoms. The molecule has 0 atom stereocenters. The van der Waals surface area contributed by atoms with E-state index < -0.39 is 0 Å². The van der Waals surface area contributed by atoms with Crippen molar-refractivity contribution in [1.82, 2.24) is 14.5 Å². The predicted octanol–water partition coefficient (Wildman–Crippen LogP) is 3.57. The van der Waals surface area contributed by atoms with E-state index in [9.17, 15) is 4.79 Å². The summed E-state index contributed by atoms with van der Waals surface area (Å²) in [7, 11) is 1.65. The van der Waals surface area contributed by atoms with Gasteiger partial charge in [0.2, 0.25) is 0 Å². The van der Waals surface area contributed by atoms with Gasteiger partial charge in [0.05, 0.1) is 37.0 Å². The number of hydrogen-bond donors (Lipinski definition) is 0. The molecule has 0 amide bonds. The fourth-order valence-electron chi connectivity index (χ4n) is 3.72. The van der Waals surface area contributed by atoms with Crippen LogP contribution < -0.4 is 4.74 Å².